The van der Waals surface area contributed by atoms with Crippen LogP contribution in [0.1, 0.15) is 60.3 Å². The van der Waals surface area contributed by atoms with Gasteiger partial charge in [-0.25, -0.2) is 4.79 Å². The van der Waals surface area contributed by atoms with Crippen molar-refractivity contribution in [3.63, 3.8) is 0 Å². The van der Waals surface area contributed by atoms with Crippen molar-refractivity contribution in [3.8, 4) is 0 Å². The van der Waals surface area contributed by atoms with Crippen LogP contribution in [0.5, 0.6) is 0 Å². The van der Waals surface area contributed by atoms with Crippen LogP contribution >= 0.6 is 0 Å². The molecule has 1 N–H and O–H groups in total. The summed E-state index contributed by atoms with van der Waals surface area (Å²) in [4.78, 5) is 23.0. The summed E-state index contributed by atoms with van der Waals surface area (Å²) in [5.74, 6) is -0.827. The first-order valence-electron chi connectivity index (χ1n) is 7.20. The van der Waals surface area contributed by atoms with E-state index in [0.717, 1.165) is 6.42 Å². The molecule has 21 heavy (non-hydrogen) atoms. The Balaban J connectivity index is 4.01. The molecule has 0 spiro atoms. The van der Waals surface area contributed by atoms with Gasteiger partial charge in [-0.3, -0.25) is 4.79 Å². The van der Waals surface area contributed by atoms with Gasteiger partial charge in [0.1, 0.15) is 12.2 Å². The first-order chi connectivity index (χ1) is 9.43. The summed E-state index contributed by atoms with van der Waals surface area (Å²) in [6.07, 6.45) is 2.34. The smallest absolute Gasteiger partial charge is 0.333 e. The lowest BCUT2D eigenvalue weighted by molar-refractivity contribution is -0.167. The van der Waals surface area contributed by atoms with Gasteiger partial charge in [0, 0.05) is 12.0 Å². The van der Waals surface area contributed by atoms with Crippen molar-refractivity contribution < 1.29 is 24.2 Å². The summed E-state index contributed by atoms with van der Waals surface area (Å²) in [5, 5.41) is 9.56. The first-order valence-corrected chi connectivity index (χ1v) is 7.20. The molecule has 0 aromatic carbocycles. The quantitative estimate of drug-likeness (QED) is 0.403. The van der Waals surface area contributed by atoms with E-state index in [2.05, 4.69) is 6.58 Å². The van der Waals surface area contributed by atoms with Gasteiger partial charge in [0.25, 0.3) is 0 Å². The fourth-order valence-electron chi connectivity index (χ4n) is 1.58. The van der Waals surface area contributed by atoms with E-state index >= 15 is 0 Å². The van der Waals surface area contributed by atoms with Crippen molar-refractivity contribution in [1.29, 1.82) is 0 Å². The molecular weight excluding hydrogens is 272 g/mol. The van der Waals surface area contributed by atoms with Crippen LogP contribution in [0.25, 0.3) is 0 Å². The van der Waals surface area contributed by atoms with E-state index in [-0.39, 0.29) is 19.0 Å². The first kappa shape index (κ1) is 19.6. The van der Waals surface area contributed by atoms with E-state index in [1.54, 1.807) is 34.6 Å². The number of ether oxygens (including phenoxy) is 2. The van der Waals surface area contributed by atoms with Gasteiger partial charge in [-0.15, -0.1) is 0 Å². The molecule has 5 heteroatoms. The lowest BCUT2D eigenvalue weighted by Gasteiger charge is -2.24. The fraction of sp³-hybridized carbons (Fsp3) is 0.750. The molecule has 0 saturated heterocycles. The lowest BCUT2D eigenvalue weighted by atomic mass is 10.0. The monoisotopic (exact) mass is 300 g/mol. The zero-order valence-electron chi connectivity index (χ0n) is 13.8. The van der Waals surface area contributed by atoms with Crippen LogP contribution in [0.15, 0.2) is 12.2 Å². The van der Waals surface area contributed by atoms with Crippen molar-refractivity contribution in [2.24, 2.45) is 0 Å². The summed E-state index contributed by atoms with van der Waals surface area (Å²) in [6.45, 7) is 11.9. The van der Waals surface area contributed by atoms with Gasteiger partial charge < -0.3 is 14.6 Å². The highest BCUT2D eigenvalue weighted by atomic mass is 16.6. The third-order valence-corrected chi connectivity index (χ3v) is 2.71. The topological polar surface area (TPSA) is 72.8 Å². The van der Waals surface area contributed by atoms with E-state index in [0.29, 0.717) is 18.4 Å². The van der Waals surface area contributed by atoms with Gasteiger partial charge in [-0.1, -0.05) is 13.0 Å². The van der Waals surface area contributed by atoms with Crippen LogP contribution in [0.3, 0.4) is 0 Å². The highest BCUT2D eigenvalue weighted by molar-refractivity contribution is 5.86. The van der Waals surface area contributed by atoms with Crippen molar-refractivity contribution in [2.45, 2.75) is 71.5 Å². The highest BCUT2D eigenvalue weighted by Gasteiger charge is 2.25. The normalized spacial score (nSPS) is 11.9. The molecule has 0 rings (SSSR count). The number of aliphatic hydroxyl groups is 1. The Morgan fingerprint density at radius 1 is 1.14 bits per heavy atom. The van der Waals surface area contributed by atoms with Gasteiger partial charge in [0.15, 0.2) is 0 Å². The Labute approximate surface area is 127 Å². The molecule has 0 heterocycles. The number of hydrogen-bond acceptors (Lipinski definition) is 5. The molecular formula is C16H28O5. The molecule has 0 amide bonds. The third-order valence-electron chi connectivity index (χ3n) is 2.71. The summed E-state index contributed by atoms with van der Waals surface area (Å²) < 4.78 is 10.3. The maximum absolute atomic E-state index is 11.7. The number of rotatable bonds is 9. The molecule has 0 radical (unpaired) electrons. The highest BCUT2D eigenvalue weighted by Crippen LogP contribution is 2.16. The van der Waals surface area contributed by atoms with E-state index < -0.39 is 17.2 Å². The molecule has 0 atom stereocenters. The number of carbonyl (C=O) groups is 2. The SMILES string of the molecule is C=C(C)C(=O)OCC(C)(C)OC(=O)CCCCC(C)(C)O. The Morgan fingerprint density at radius 3 is 2.19 bits per heavy atom. The van der Waals surface area contributed by atoms with Crippen LogP contribution in [0, 0.1) is 0 Å². The van der Waals surface area contributed by atoms with E-state index in [1.807, 2.05) is 0 Å². The van der Waals surface area contributed by atoms with Gasteiger partial charge in [0.05, 0.1) is 5.60 Å². The predicted molar refractivity (Wildman–Crippen MR) is 80.7 cm³/mol. The number of unbranched alkanes of at least 4 members (excludes halogenated alkanes) is 1. The van der Waals surface area contributed by atoms with Crippen LogP contribution in [0.4, 0.5) is 0 Å². The number of esters is 2. The maximum Gasteiger partial charge on any atom is 0.333 e. The lowest BCUT2D eigenvalue weighted by Crippen LogP contribution is -2.34. The third kappa shape index (κ3) is 11.0. The molecule has 0 aromatic heterocycles. The van der Waals surface area contributed by atoms with Crippen LogP contribution in [-0.2, 0) is 19.1 Å². The molecule has 0 aliphatic carbocycles. The van der Waals surface area contributed by atoms with Crippen molar-refractivity contribution in [2.75, 3.05) is 6.61 Å². The van der Waals surface area contributed by atoms with Gasteiger partial charge >= 0.3 is 11.9 Å². The Hall–Kier alpha value is -1.36. The summed E-state index contributed by atoms with van der Waals surface area (Å²) in [5.41, 5.74) is -1.26. The van der Waals surface area contributed by atoms with Gasteiger partial charge in [-0.05, 0) is 47.5 Å². The summed E-state index contributed by atoms with van der Waals surface area (Å²) >= 11 is 0. The largest absolute Gasteiger partial charge is 0.458 e. The van der Waals surface area contributed by atoms with E-state index in [9.17, 15) is 14.7 Å². The zero-order chi connectivity index (χ0) is 16.7. The molecule has 0 saturated carbocycles. The number of carbonyl (C=O) groups excluding carboxylic acids is 2. The fourth-order valence-corrected chi connectivity index (χ4v) is 1.58. The second kappa shape index (κ2) is 8.17. The zero-order valence-corrected chi connectivity index (χ0v) is 13.8. The molecule has 0 unspecified atom stereocenters. The molecule has 0 fully saturated rings. The molecule has 122 valence electrons. The molecule has 0 aromatic rings. The van der Waals surface area contributed by atoms with Crippen molar-refractivity contribution in [3.05, 3.63) is 12.2 Å². The van der Waals surface area contributed by atoms with E-state index in [1.165, 1.54) is 0 Å². The average Bonchev–Trinajstić information content (AvgIpc) is 2.30. The number of hydrogen-bond donors (Lipinski definition) is 1. The van der Waals surface area contributed by atoms with Crippen LogP contribution in [-0.4, -0.2) is 34.9 Å². The second-order valence-corrected chi connectivity index (χ2v) is 6.61. The maximum atomic E-state index is 11.7. The van der Waals surface area contributed by atoms with Crippen LogP contribution < -0.4 is 0 Å². The Morgan fingerprint density at radius 2 is 1.71 bits per heavy atom. The molecule has 0 bridgehead atoms. The predicted octanol–water partition coefficient (Wildman–Crippen LogP) is 2.76. The summed E-state index contributed by atoms with van der Waals surface area (Å²) in [7, 11) is 0. The second-order valence-electron chi connectivity index (χ2n) is 6.61. The van der Waals surface area contributed by atoms with Crippen molar-refractivity contribution in [1.82, 2.24) is 0 Å². The minimum Gasteiger partial charge on any atom is -0.458 e. The summed E-state index contributed by atoms with van der Waals surface area (Å²) in [6, 6.07) is 0. The van der Waals surface area contributed by atoms with Crippen molar-refractivity contribution >= 4 is 11.9 Å². The van der Waals surface area contributed by atoms with E-state index in [4.69, 9.17) is 9.47 Å². The Bertz CT molecular complexity index is 377. The minimum absolute atomic E-state index is 0.00585. The van der Waals surface area contributed by atoms with Crippen LogP contribution in [0.2, 0.25) is 0 Å². The average molecular weight is 300 g/mol. The van der Waals surface area contributed by atoms with Gasteiger partial charge in [-0.2, -0.15) is 0 Å². The minimum atomic E-state index is -0.863. The molecule has 0 aliphatic rings. The van der Waals surface area contributed by atoms with Gasteiger partial charge in [0.2, 0.25) is 0 Å². The molecule has 0 aliphatic heterocycles. The standard InChI is InChI=1S/C16H28O5/c1-12(2)14(18)20-11-16(5,6)21-13(17)9-7-8-10-15(3,4)19/h19H,1,7-11H2,2-6H3. The Kier molecular flexibility index (Phi) is 7.64. The molecule has 5 nitrogen and oxygen atoms in total.